The highest BCUT2D eigenvalue weighted by atomic mass is 19.4. The van der Waals surface area contributed by atoms with Gasteiger partial charge in [0.25, 0.3) is 0 Å². The van der Waals surface area contributed by atoms with E-state index >= 15 is 0 Å². The van der Waals surface area contributed by atoms with E-state index in [-0.39, 0.29) is 17.9 Å². The summed E-state index contributed by atoms with van der Waals surface area (Å²) in [5.74, 6) is -0.891. The second-order valence-corrected chi connectivity index (χ2v) is 6.71. The molecule has 0 bridgehead atoms. The van der Waals surface area contributed by atoms with E-state index in [1.54, 1.807) is 12.1 Å². The molecule has 0 aliphatic carbocycles. The Hall–Kier alpha value is -2.41. The summed E-state index contributed by atoms with van der Waals surface area (Å²) >= 11 is 0. The summed E-state index contributed by atoms with van der Waals surface area (Å²) in [6.45, 7) is 3.88. The topological polar surface area (TPSA) is 55.1 Å². The molecule has 0 spiro atoms. The largest absolute Gasteiger partial charge is 0.416 e. The van der Waals surface area contributed by atoms with Gasteiger partial charge in [0.15, 0.2) is 0 Å². The summed E-state index contributed by atoms with van der Waals surface area (Å²) in [7, 11) is 0. The molecule has 3 nitrogen and oxygen atoms in total. The van der Waals surface area contributed by atoms with Crippen LogP contribution in [0.5, 0.6) is 0 Å². The maximum absolute atomic E-state index is 13.4. The molecule has 2 aromatic carbocycles. The summed E-state index contributed by atoms with van der Waals surface area (Å²) in [5, 5.41) is 2.68. The third-order valence-corrected chi connectivity index (χ3v) is 4.19. The van der Waals surface area contributed by atoms with Gasteiger partial charge in [-0.25, -0.2) is 4.39 Å². The number of rotatable bonds is 5. The van der Waals surface area contributed by atoms with Gasteiger partial charge in [0, 0.05) is 12.0 Å². The summed E-state index contributed by atoms with van der Waals surface area (Å²) in [6, 6.07) is 9.11. The molecule has 2 aromatic rings. The van der Waals surface area contributed by atoms with E-state index in [9.17, 15) is 22.4 Å². The Morgan fingerprint density at radius 3 is 2.23 bits per heavy atom. The minimum atomic E-state index is -4.44. The first-order valence-electron chi connectivity index (χ1n) is 7.97. The monoisotopic (exact) mass is 368 g/mol. The van der Waals surface area contributed by atoms with E-state index in [2.05, 4.69) is 5.32 Å². The molecule has 26 heavy (non-hydrogen) atoms. The van der Waals surface area contributed by atoms with Crippen molar-refractivity contribution in [3.63, 3.8) is 0 Å². The van der Waals surface area contributed by atoms with Crippen LogP contribution >= 0.6 is 0 Å². The van der Waals surface area contributed by atoms with Crippen LogP contribution in [0.4, 0.5) is 17.6 Å². The van der Waals surface area contributed by atoms with Crippen LogP contribution in [0, 0.1) is 5.82 Å². The molecule has 0 saturated heterocycles. The Bertz CT molecular complexity index is 770. The van der Waals surface area contributed by atoms with Gasteiger partial charge in [-0.1, -0.05) is 38.1 Å². The van der Waals surface area contributed by atoms with Gasteiger partial charge in [0.05, 0.1) is 5.56 Å². The lowest BCUT2D eigenvalue weighted by atomic mass is 9.84. The number of carbonyl (C=O) groups is 1. The van der Waals surface area contributed by atoms with Crippen molar-refractivity contribution in [2.24, 2.45) is 5.73 Å². The first-order chi connectivity index (χ1) is 12.0. The highest BCUT2D eigenvalue weighted by molar-refractivity contribution is 5.83. The van der Waals surface area contributed by atoms with Crippen LogP contribution in [0.25, 0.3) is 0 Å². The Morgan fingerprint density at radius 2 is 1.69 bits per heavy atom. The van der Waals surface area contributed by atoms with Crippen LogP contribution in [0.1, 0.15) is 36.6 Å². The molecule has 0 aliphatic rings. The van der Waals surface area contributed by atoms with E-state index in [0.29, 0.717) is 5.56 Å². The predicted molar refractivity (Wildman–Crippen MR) is 90.8 cm³/mol. The van der Waals surface area contributed by atoms with Crippen LogP contribution in [0.15, 0.2) is 48.5 Å². The third-order valence-electron chi connectivity index (χ3n) is 4.19. The second-order valence-electron chi connectivity index (χ2n) is 6.71. The van der Waals surface area contributed by atoms with Crippen molar-refractivity contribution in [2.75, 3.05) is 6.54 Å². The Morgan fingerprint density at radius 1 is 1.08 bits per heavy atom. The lowest BCUT2D eigenvalue weighted by Crippen LogP contribution is -2.41. The lowest BCUT2D eigenvalue weighted by molar-refractivity contribution is -0.137. The molecule has 1 unspecified atom stereocenters. The van der Waals surface area contributed by atoms with Crippen molar-refractivity contribution in [2.45, 2.75) is 31.5 Å². The lowest BCUT2D eigenvalue weighted by Gasteiger charge is -2.26. The number of nitrogens with two attached hydrogens (primary N) is 1. The van der Waals surface area contributed by atoms with Gasteiger partial charge in [-0.15, -0.1) is 0 Å². The molecule has 7 heteroatoms. The number of carbonyl (C=O) groups excluding carboxylic acids is 1. The summed E-state index contributed by atoms with van der Waals surface area (Å²) < 4.78 is 51.1. The smallest absolute Gasteiger partial charge is 0.354 e. The van der Waals surface area contributed by atoms with Gasteiger partial charge >= 0.3 is 6.18 Å². The van der Waals surface area contributed by atoms with Gasteiger partial charge < -0.3 is 11.1 Å². The standard InChI is InChI=1S/C19H20F4N2O/c1-18(2,14-4-3-5-15(20)10-14)11-25-17(26)16(24)12-6-8-13(9-7-12)19(21,22)23/h3-10,16H,11,24H2,1-2H3,(H,25,26). The number of amides is 1. The highest BCUT2D eigenvalue weighted by Crippen LogP contribution is 2.30. The predicted octanol–water partition coefficient (Wildman–Crippen LogP) is 3.94. The van der Waals surface area contributed by atoms with E-state index in [0.717, 1.165) is 12.1 Å². The van der Waals surface area contributed by atoms with E-state index in [4.69, 9.17) is 5.73 Å². The summed E-state index contributed by atoms with van der Waals surface area (Å²) in [5.41, 5.74) is 5.47. The molecule has 0 aliphatic heterocycles. The van der Waals surface area contributed by atoms with Crippen molar-refractivity contribution in [1.29, 1.82) is 0 Å². The van der Waals surface area contributed by atoms with Gasteiger partial charge in [-0.3, -0.25) is 4.79 Å². The van der Waals surface area contributed by atoms with Gasteiger partial charge in [-0.05, 0) is 35.4 Å². The van der Waals surface area contributed by atoms with Crippen molar-refractivity contribution < 1.29 is 22.4 Å². The fraction of sp³-hybridized carbons (Fsp3) is 0.316. The number of hydrogen-bond donors (Lipinski definition) is 2. The molecule has 2 rings (SSSR count). The van der Waals surface area contributed by atoms with Crippen LogP contribution < -0.4 is 11.1 Å². The molecule has 1 atom stereocenters. The Balaban J connectivity index is 2.03. The fourth-order valence-electron chi connectivity index (χ4n) is 2.46. The number of benzene rings is 2. The molecule has 3 N–H and O–H groups in total. The number of halogens is 4. The normalized spacial score (nSPS) is 13.3. The van der Waals surface area contributed by atoms with E-state index in [1.807, 2.05) is 13.8 Å². The molecular formula is C19H20F4N2O. The summed E-state index contributed by atoms with van der Waals surface area (Å²) in [6.07, 6.45) is -4.44. The Kier molecular flexibility index (Phi) is 5.71. The number of hydrogen-bond acceptors (Lipinski definition) is 2. The van der Waals surface area contributed by atoms with Crippen molar-refractivity contribution in [3.8, 4) is 0 Å². The zero-order valence-electron chi connectivity index (χ0n) is 14.4. The zero-order valence-corrected chi connectivity index (χ0v) is 14.4. The molecule has 140 valence electrons. The number of nitrogens with one attached hydrogen (secondary N) is 1. The molecule has 0 saturated carbocycles. The van der Waals surface area contributed by atoms with Crippen molar-refractivity contribution in [3.05, 3.63) is 71.0 Å². The Labute approximate surface area is 149 Å². The third kappa shape index (κ3) is 4.82. The second kappa shape index (κ2) is 7.45. The highest BCUT2D eigenvalue weighted by Gasteiger charge is 2.30. The molecular weight excluding hydrogens is 348 g/mol. The maximum atomic E-state index is 13.4. The molecule has 1 amide bonds. The van der Waals surface area contributed by atoms with E-state index in [1.165, 1.54) is 24.3 Å². The van der Waals surface area contributed by atoms with Crippen molar-refractivity contribution in [1.82, 2.24) is 5.32 Å². The average Bonchev–Trinajstić information content (AvgIpc) is 2.58. The first-order valence-corrected chi connectivity index (χ1v) is 7.97. The molecule has 0 fully saturated rings. The quantitative estimate of drug-likeness (QED) is 0.786. The summed E-state index contributed by atoms with van der Waals surface area (Å²) in [4.78, 5) is 12.2. The van der Waals surface area contributed by atoms with Crippen LogP contribution in [-0.4, -0.2) is 12.5 Å². The van der Waals surface area contributed by atoms with Crippen LogP contribution in [0.2, 0.25) is 0 Å². The van der Waals surface area contributed by atoms with Gasteiger partial charge in [0.2, 0.25) is 5.91 Å². The first kappa shape index (κ1) is 19.9. The zero-order chi connectivity index (χ0) is 19.5. The van der Waals surface area contributed by atoms with Crippen LogP contribution in [0.3, 0.4) is 0 Å². The minimum absolute atomic E-state index is 0.198. The molecule has 0 radical (unpaired) electrons. The van der Waals surface area contributed by atoms with E-state index < -0.39 is 29.1 Å². The molecule has 0 heterocycles. The molecule has 0 aromatic heterocycles. The van der Waals surface area contributed by atoms with Crippen molar-refractivity contribution >= 4 is 5.91 Å². The maximum Gasteiger partial charge on any atom is 0.416 e. The SMILES string of the molecule is CC(C)(CNC(=O)C(N)c1ccc(C(F)(F)F)cc1)c1cccc(F)c1. The van der Waals surface area contributed by atoms with Gasteiger partial charge in [0.1, 0.15) is 11.9 Å². The minimum Gasteiger partial charge on any atom is -0.354 e. The van der Waals surface area contributed by atoms with Gasteiger partial charge in [-0.2, -0.15) is 13.2 Å². The fourth-order valence-corrected chi connectivity index (χ4v) is 2.46. The number of alkyl halides is 3. The average molecular weight is 368 g/mol. The van der Waals surface area contributed by atoms with Crippen LogP contribution in [-0.2, 0) is 16.4 Å².